The Morgan fingerprint density at radius 3 is 2.57 bits per heavy atom. The van der Waals surface area contributed by atoms with Crippen LogP contribution in [0.3, 0.4) is 0 Å². The normalized spacial score (nSPS) is 10.6. The Bertz CT molecular complexity index is 1140. The van der Waals surface area contributed by atoms with Crippen LogP contribution >= 0.6 is 0 Å². The number of nitrogens with zero attached hydrogens (tertiary/aromatic N) is 5. The molecular weight excluding hydrogens is 352 g/mol. The highest BCUT2D eigenvalue weighted by atomic mass is 16.2. The van der Waals surface area contributed by atoms with Crippen molar-refractivity contribution in [2.24, 2.45) is 0 Å². The van der Waals surface area contributed by atoms with Crippen LogP contribution in [0, 0.1) is 13.8 Å². The summed E-state index contributed by atoms with van der Waals surface area (Å²) in [5.74, 6) is 0.385. The Morgan fingerprint density at radius 1 is 0.964 bits per heavy atom. The highest BCUT2D eigenvalue weighted by molar-refractivity contribution is 6.03. The average Bonchev–Trinajstić information content (AvgIpc) is 3.11. The lowest BCUT2D eigenvalue weighted by molar-refractivity contribution is 0.102. The van der Waals surface area contributed by atoms with Crippen molar-refractivity contribution in [1.82, 2.24) is 25.0 Å². The summed E-state index contributed by atoms with van der Waals surface area (Å²) >= 11 is 0. The molecule has 0 unspecified atom stereocenters. The molecule has 2 aromatic carbocycles. The predicted octanol–water partition coefficient (Wildman–Crippen LogP) is 3.59. The summed E-state index contributed by atoms with van der Waals surface area (Å²) in [5, 5.41) is 11.6. The molecule has 7 nitrogen and oxygen atoms in total. The second kappa shape index (κ2) is 7.40. The van der Waals surface area contributed by atoms with Crippen molar-refractivity contribution < 1.29 is 4.79 Å². The first-order valence-corrected chi connectivity index (χ1v) is 8.81. The van der Waals surface area contributed by atoms with Gasteiger partial charge in [0.1, 0.15) is 5.82 Å². The van der Waals surface area contributed by atoms with E-state index < -0.39 is 0 Å². The van der Waals surface area contributed by atoms with Crippen molar-refractivity contribution >= 4 is 11.6 Å². The van der Waals surface area contributed by atoms with Crippen LogP contribution in [0.1, 0.15) is 22.0 Å². The lowest BCUT2D eigenvalue weighted by atomic mass is 10.1. The molecule has 0 fully saturated rings. The molecule has 1 amide bonds. The van der Waals surface area contributed by atoms with Gasteiger partial charge in [0.15, 0.2) is 5.69 Å². The zero-order chi connectivity index (χ0) is 19.5. The van der Waals surface area contributed by atoms with Gasteiger partial charge in [0, 0.05) is 17.4 Å². The first-order chi connectivity index (χ1) is 13.6. The van der Waals surface area contributed by atoms with Gasteiger partial charge in [-0.15, -0.1) is 5.10 Å². The maximum atomic E-state index is 12.7. The highest BCUT2D eigenvalue weighted by Gasteiger charge is 2.17. The molecule has 0 aliphatic carbocycles. The summed E-state index contributed by atoms with van der Waals surface area (Å²) in [6.07, 6.45) is 1.72. The number of nitrogens with one attached hydrogen (secondary N) is 1. The zero-order valence-corrected chi connectivity index (χ0v) is 15.5. The number of aryl methyl sites for hydroxylation is 2. The number of carbonyl (C=O) groups is 1. The number of benzene rings is 2. The summed E-state index contributed by atoms with van der Waals surface area (Å²) in [4.78, 5) is 22.7. The van der Waals surface area contributed by atoms with E-state index in [1.807, 2.05) is 67.6 Å². The van der Waals surface area contributed by atoms with Gasteiger partial charge in [-0.1, -0.05) is 30.3 Å². The molecule has 7 heteroatoms. The van der Waals surface area contributed by atoms with E-state index >= 15 is 0 Å². The zero-order valence-electron chi connectivity index (χ0n) is 15.5. The quantitative estimate of drug-likeness (QED) is 0.593. The Balaban J connectivity index is 1.58. The molecule has 4 aromatic rings. The molecule has 28 heavy (non-hydrogen) atoms. The molecule has 0 aliphatic rings. The number of hydrogen-bond donors (Lipinski definition) is 1. The standard InChI is InChI=1S/C21H18N6O/c1-14-20(26-27(25-14)18-9-4-3-5-10-18)21(28)24-17-8-6-7-16(13-17)19-11-12-22-15(2)23-19/h3-13H,1-2H3,(H,24,28). The second-order valence-corrected chi connectivity index (χ2v) is 6.28. The molecule has 0 bridgehead atoms. The fourth-order valence-corrected chi connectivity index (χ4v) is 2.83. The molecule has 0 saturated heterocycles. The number of amides is 1. The lowest BCUT2D eigenvalue weighted by Gasteiger charge is -2.07. The lowest BCUT2D eigenvalue weighted by Crippen LogP contribution is -2.14. The van der Waals surface area contributed by atoms with E-state index in [1.54, 1.807) is 13.1 Å². The molecule has 2 heterocycles. The van der Waals surface area contributed by atoms with Gasteiger partial charge in [0.25, 0.3) is 5.91 Å². The van der Waals surface area contributed by atoms with Crippen molar-refractivity contribution in [3.63, 3.8) is 0 Å². The summed E-state index contributed by atoms with van der Waals surface area (Å²) in [7, 11) is 0. The topological polar surface area (TPSA) is 85.6 Å². The van der Waals surface area contributed by atoms with Crippen molar-refractivity contribution in [3.05, 3.63) is 84.1 Å². The third-order valence-electron chi connectivity index (χ3n) is 4.18. The van der Waals surface area contributed by atoms with Gasteiger partial charge in [0.05, 0.1) is 17.1 Å². The van der Waals surface area contributed by atoms with E-state index in [9.17, 15) is 4.79 Å². The Kier molecular flexibility index (Phi) is 4.63. The number of hydrogen-bond acceptors (Lipinski definition) is 5. The molecule has 0 radical (unpaired) electrons. The van der Waals surface area contributed by atoms with Crippen molar-refractivity contribution in [2.75, 3.05) is 5.32 Å². The average molecular weight is 370 g/mol. The van der Waals surface area contributed by atoms with Crippen molar-refractivity contribution in [3.8, 4) is 16.9 Å². The van der Waals surface area contributed by atoms with Crippen LogP contribution in [-0.2, 0) is 0 Å². The van der Waals surface area contributed by atoms with Crippen LogP contribution in [-0.4, -0.2) is 30.9 Å². The molecule has 0 spiro atoms. The summed E-state index contributed by atoms with van der Waals surface area (Å²) in [5.41, 5.74) is 4.00. The summed E-state index contributed by atoms with van der Waals surface area (Å²) in [6.45, 7) is 3.61. The predicted molar refractivity (Wildman–Crippen MR) is 106 cm³/mol. The molecule has 0 saturated carbocycles. The van der Waals surface area contributed by atoms with Gasteiger partial charge in [-0.2, -0.15) is 9.90 Å². The Hall–Kier alpha value is -3.87. The van der Waals surface area contributed by atoms with Crippen molar-refractivity contribution in [2.45, 2.75) is 13.8 Å². The third kappa shape index (κ3) is 3.64. The van der Waals surface area contributed by atoms with Crippen LogP contribution in [0.2, 0.25) is 0 Å². The number of anilines is 1. The minimum absolute atomic E-state index is 0.284. The van der Waals surface area contributed by atoms with Gasteiger partial charge in [-0.3, -0.25) is 4.79 Å². The molecule has 2 aromatic heterocycles. The molecule has 138 valence electrons. The summed E-state index contributed by atoms with van der Waals surface area (Å²) in [6, 6.07) is 18.8. The Labute approximate surface area is 162 Å². The largest absolute Gasteiger partial charge is 0.321 e. The van der Waals surface area contributed by atoms with Crippen LogP contribution < -0.4 is 5.32 Å². The van der Waals surface area contributed by atoms with Gasteiger partial charge in [-0.05, 0) is 44.2 Å². The fourth-order valence-electron chi connectivity index (χ4n) is 2.83. The van der Waals surface area contributed by atoms with Gasteiger partial charge >= 0.3 is 0 Å². The molecule has 1 N–H and O–H groups in total. The smallest absolute Gasteiger partial charge is 0.278 e. The molecule has 0 aliphatic heterocycles. The van der Waals surface area contributed by atoms with Crippen LogP contribution in [0.4, 0.5) is 5.69 Å². The Morgan fingerprint density at radius 2 is 1.79 bits per heavy atom. The number of aromatic nitrogens is 5. The van der Waals surface area contributed by atoms with Crippen molar-refractivity contribution in [1.29, 1.82) is 0 Å². The monoisotopic (exact) mass is 370 g/mol. The highest BCUT2D eigenvalue weighted by Crippen LogP contribution is 2.21. The fraction of sp³-hybridized carbons (Fsp3) is 0.0952. The minimum Gasteiger partial charge on any atom is -0.321 e. The van der Waals surface area contributed by atoms with E-state index in [2.05, 4.69) is 25.5 Å². The first-order valence-electron chi connectivity index (χ1n) is 8.81. The maximum Gasteiger partial charge on any atom is 0.278 e. The maximum absolute atomic E-state index is 12.7. The van der Waals surface area contributed by atoms with E-state index in [0.717, 1.165) is 16.9 Å². The molecule has 4 rings (SSSR count). The minimum atomic E-state index is -0.310. The third-order valence-corrected chi connectivity index (χ3v) is 4.18. The summed E-state index contributed by atoms with van der Waals surface area (Å²) < 4.78 is 0. The number of carbonyl (C=O) groups excluding carboxylic acids is 1. The first kappa shape index (κ1) is 17.5. The van der Waals surface area contributed by atoms with Crippen LogP contribution in [0.15, 0.2) is 66.9 Å². The van der Waals surface area contributed by atoms with E-state index in [4.69, 9.17) is 0 Å². The van der Waals surface area contributed by atoms with E-state index in [-0.39, 0.29) is 11.6 Å². The van der Waals surface area contributed by atoms with Gasteiger partial charge in [0.2, 0.25) is 0 Å². The van der Waals surface area contributed by atoms with Crippen LogP contribution in [0.5, 0.6) is 0 Å². The molecule has 0 atom stereocenters. The molecular formula is C21H18N6O. The van der Waals surface area contributed by atoms with Gasteiger partial charge < -0.3 is 5.32 Å². The van der Waals surface area contributed by atoms with E-state index in [0.29, 0.717) is 17.2 Å². The number of rotatable bonds is 4. The SMILES string of the molecule is Cc1nccc(-c2cccc(NC(=O)c3nn(-c4ccccc4)nc3C)c2)n1. The number of para-hydroxylation sites is 1. The second-order valence-electron chi connectivity index (χ2n) is 6.28. The van der Waals surface area contributed by atoms with E-state index in [1.165, 1.54) is 4.80 Å². The van der Waals surface area contributed by atoms with Gasteiger partial charge in [-0.25, -0.2) is 9.97 Å². The van der Waals surface area contributed by atoms with Crippen LogP contribution in [0.25, 0.3) is 16.9 Å².